The average molecular weight is 581 g/mol. The molecule has 1 saturated heterocycles. The van der Waals surface area contributed by atoms with Crippen molar-refractivity contribution >= 4 is 33.8 Å². The molecule has 3 heterocycles. The molecule has 1 N–H and O–H groups in total. The van der Waals surface area contributed by atoms with Crippen LogP contribution in [0.1, 0.15) is 59.5 Å². The highest BCUT2D eigenvalue weighted by Gasteiger charge is 2.25. The molecular weight excluding hydrogens is 548 g/mol. The molecule has 0 atom stereocenters. The molecule has 3 aromatic carbocycles. The summed E-state index contributed by atoms with van der Waals surface area (Å²) in [6.07, 6.45) is 7.72. The molecule has 0 spiro atoms. The van der Waals surface area contributed by atoms with Crippen LogP contribution in [0.4, 0.5) is 0 Å². The maximum absolute atomic E-state index is 9.32. The van der Waals surface area contributed by atoms with E-state index < -0.39 is 0 Å². The fraction of sp³-hybridized carbons (Fsp3) is 0.294. The summed E-state index contributed by atoms with van der Waals surface area (Å²) in [7, 11) is 0. The lowest BCUT2D eigenvalue weighted by atomic mass is 9.97. The Morgan fingerprint density at radius 3 is 2.49 bits per heavy atom. The van der Waals surface area contributed by atoms with Gasteiger partial charge in [0.05, 0.1) is 22.3 Å². The largest absolute Gasteiger partial charge is 0.457 e. The first kappa shape index (κ1) is 27.5. The zero-order valence-corrected chi connectivity index (χ0v) is 24.8. The van der Waals surface area contributed by atoms with Gasteiger partial charge in [0.2, 0.25) is 0 Å². The maximum atomic E-state index is 9.32. The maximum Gasteiger partial charge on any atom is 0.127 e. The van der Waals surface area contributed by atoms with Gasteiger partial charge in [-0.05, 0) is 111 Å². The molecule has 5 nitrogen and oxygen atoms in total. The third-order valence-electron chi connectivity index (χ3n) is 7.88. The Hall–Kier alpha value is -3.63. The van der Waals surface area contributed by atoms with E-state index in [1.165, 1.54) is 28.3 Å². The lowest BCUT2D eigenvalue weighted by Crippen LogP contribution is -2.32. The molecule has 0 radical (unpaired) electrons. The number of nitriles is 1. The molecule has 7 heteroatoms. The van der Waals surface area contributed by atoms with Crippen molar-refractivity contribution in [3.05, 3.63) is 99.0 Å². The summed E-state index contributed by atoms with van der Waals surface area (Å²) in [5, 5.41) is 12.4. The van der Waals surface area contributed by atoms with E-state index >= 15 is 0 Å². The molecule has 208 valence electrons. The number of likely N-dealkylation sites (tertiary alicyclic amines) is 1. The Balaban J connectivity index is 1.14. The van der Waals surface area contributed by atoms with Gasteiger partial charge in [-0.2, -0.15) is 5.26 Å². The molecule has 0 saturated carbocycles. The van der Waals surface area contributed by atoms with E-state index in [4.69, 9.17) is 21.3 Å². The van der Waals surface area contributed by atoms with E-state index in [1.807, 2.05) is 65.9 Å². The number of H-pyrrole nitrogens is 1. The third-order valence-corrected chi connectivity index (χ3v) is 9.41. The van der Waals surface area contributed by atoms with E-state index in [0.717, 1.165) is 72.6 Å². The van der Waals surface area contributed by atoms with Crippen molar-refractivity contribution < 1.29 is 4.74 Å². The minimum atomic E-state index is 0.492. The number of aryl methyl sites for hydroxylation is 1. The number of ether oxygens (including phenoxy) is 1. The number of unbranched alkanes of at least 4 members (excludes halogenated alkanes) is 1. The Morgan fingerprint density at radius 2 is 1.78 bits per heavy atom. The van der Waals surface area contributed by atoms with Gasteiger partial charge in [-0.1, -0.05) is 24.9 Å². The van der Waals surface area contributed by atoms with Gasteiger partial charge in [-0.3, -0.25) is 4.90 Å². The lowest BCUT2D eigenvalue weighted by Gasteiger charge is -2.30. The quantitative estimate of drug-likeness (QED) is 0.189. The van der Waals surface area contributed by atoms with Crippen LogP contribution in [0.3, 0.4) is 0 Å². The average Bonchev–Trinajstić information content (AvgIpc) is 3.62. The normalized spacial score (nSPS) is 14.4. The summed E-state index contributed by atoms with van der Waals surface area (Å²) in [6.45, 7) is 5.24. The number of aromatic amines is 1. The second-order valence-corrected chi connectivity index (χ2v) is 12.3. The Labute approximate surface area is 250 Å². The minimum Gasteiger partial charge on any atom is -0.457 e. The predicted molar refractivity (Wildman–Crippen MR) is 168 cm³/mol. The molecule has 6 rings (SSSR count). The fourth-order valence-corrected chi connectivity index (χ4v) is 6.98. The van der Waals surface area contributed by atoms with Crippen LogP contribution in [0.15, 0.2) is 72.9 Å². The molecular formula is C34H33ClN4OS. The number of piperidine rings is 1. The zero-order chi connectivity index (χ0) is 28.2. The molecule has 0 unspecified atom stereocenters. The number of hydrogen-bond donors (Lipinski definition) is 1. The van der Waals surface area contributed by atoms with Crippen LogP contribution in [-0.2, 0) is 13.0 Å². The standard InChI is InChI=1S/C34H33ClN4OS/c1-2-3-4-32-33(24-6-10-28(11-7-24)40-29-12-8-27(35)9-13-29)38-34(41-32)25-15-17-39(18-16-25)22-26-21-37-31-14-5-23(20-36)19-30(26)31/h5-14,19,21,25,37H,2-4,15-18,22H2,1H3. The van der Waals surface area contributed by atoms with Crippen LogP contribution in [-0.4, -0.2) is 28.0 Å². The van der Waals surface area contributed by atoms with Crippen molar-refractivity contribution in [1.82, 2.24) is 14.9 Å². The number of aromatic nitrogens is 2. The first-order chi connectivity index (χ1) is 20.1. The van der Waals surface area contributed by atoms with Crippen LogP contribution in [0.5, 0.6) is 11.5 Å². The summed E-state index contributed by atoms with van der Waals surface area (Å²) in [5.74, 6) is 2.06. The van der Waals surface area contributed by atoms with Crippen molar-refractivity contribution in [1.29, 1.82) is 5.26 Å². The van der Waals surface area contributed by atoms with Crippen LogP contribution < -0.4 is 4.74 Å². The highest BCUT2D eigenvalue weighted by Crippen LogP contribution is 2.38. The van der Waals surface area contributed by atoms with E-state index in [1.54, 1.807) is 0 Å². The van der Waals surface area contributed by atoms with Gasteiger partial charge in [0.25, 0.3) is 0 Å². The van der Waals surface area contributed by atoms with E-state index in [2.05, 4.69) is 41.2 Å². The molecule has 0 bridgehead atoms. The molecule has 1 aliphatic rings. The topological polar surface area (TPSA) is 64.9 Å². The lowest BCUT2D eigenvalue weighted by molar-refractivity contribution is 0.205. The van der Waals surface area contributed by atoms with Gasteiger partial charge < -0.3 is 9.72 Å². The summed E-state index contributed by atoms with van der Waals surface area (Å²) < 4.78 is 6.01. The summed E-state index contributed by atoms with van der Waals surface area (Å²) >= 11 is 7.91. The van der Waals surface area contributed by atoms with Gasteiger partial charge in [-0.15, -0.1) is 11.3 Å². The van der Waals surface area contributed by atoms with Crippen LogP contribution in [0.25, 0.3) is 22.2 Å². The first-order valence-electron chi connectivity index (χ1n) is 14.4. The van der Waals surface area contributed by atoms with E-state index in [-0.39, 0.29) is 0 Å². The first-order valence-corrected chi connectivity index (χ1v) is 15.5. The van der Waals surface area contributed by atoms with Crippen molar-refractivity contribution in [2.75, 3.05) is 13.1 Å². The minimum absolute atomic E-state index is 0.492. The van der Waals surface area contributed by atoms with Gasteiger partial charge in [0.1, 0.15) is 11.5 Å². The molecule has 1 aliphatic heterocycles. The SMILES string of the molecule is CCCCc1sc(C2CCN(Cc3c[nH]c4ccc(C#N)cc34)CC2)nc1-c1ccc(Oc2ccc(Cl)cc2)cc1. The number of thiazole rings is 1. The summed E-state index contributed by atoms with van der Waals surface area (Å²) in [5.41, 5.74) is 5.34. The number of fused-ring (bicyclic) bond motifs is 1. The van der Waals surface area contributed by atoms with Gasteiger partial charge in [0, 0.05) is 45.0 Å². The Bertz CT molecular complexity index is 1660. The summed E-state index contributed by atoms with van der Waals surface area (Å²) in [6, 6.07) is 23.9. The molecule has 1 fully saturated rings. The Morgan fingerprint density at radius 1 is 1.05 bits per heavy atom. The second kappa shape index (κ2) is 12.5. The van der Waals surface area contributed by atoms with Crippen LogP contribution in [0, 0.1) is 11.3 Å². The van der Waals surface area contributed by atoms with Crippen molar-refractivity contribution in [2.45, 2.75) is 51.5 Å². The van der Waals surface area contributed by atoms with Crippen molar-refractivity contribution in [3.63, 3.8) is 0 Å². The zero-order valence-electron chi connectivity index (χ0n) is 23.2. The number of nitrogens with zero attached hydrogens (tertiary/aromatic N) is 3. The predicted octanol–water partition coefficient (Wildman–Crippen LogP) is 9.33. The van der Waals surface area contributed by atoms with Crippen LogP contribution in [0.2, 0.25) is 5.02 Å². The number of nitrogens with one attached hydrogen (secondary N) is 1. The van der Waals surface area contributed by atoms with Crippen molar-refractivity contribution in [2.24, 2.45) is 0 Å². The monoisotopic (exact) mass is 580 g/mol. The molecule has 2 aromatic heterocycles. The Kier molecular flexibility index (Phi) is 8.38. The van der Waals surface area contributed by atoms with E-state index in [0.29, 0.717) is 16.5 Å². The number of hydrogen-bond acceptors (Lipinski definition) is 5. The number of benzene rings is 3. The van der Waals surface area contributed by atoms with Gasteiger partial charge in [0.15, 0.2) is 0 Å². The summed E-state index contributed by atoms with van der Waals surface area (Å²) in [4.78, 5) is 12.5. The molecule has 5 aromatic rings. The second-order valence-electron chi connectivity index (χ2n) is 10.7. The molecule has 41 heavy (non-hydrogen) atoms. The third kappa shape index (κ3) is 6.33. The highest BCUT2D eigenvalue weighted by atomic mass is 35.5. The number of halogens is 1. The molecule has 0 amide bonds. The highest BCUT2D eigenvalue weighted by molar-refractivity contribution is 7.12. The van der Waals surface area contributed by atoms with E-state index in [9.17, 15) is 5.26 Å². The van der Waals surface area contributed by atoms with Crippen molar-refractivity contribution in [3.8, 4) is 28.8 Å². The number of rotatable bonds is 9. The molecule has 0 aliphatic carbocycles. The smallest absolute Gasteiger partial charge is 0.127 e. The van der Waals surface area contributed by atoms with Gasteiger partial charge >= 0.3 is 0 Å². The van der Waals surface area contributed by atoms with Gasteiger partial charge in [-0.25, -0.2) is 4.98 Å². The fourth-order valence-electron chi connectivity index (χ4n) is 5.55. The van der Waals surface area contributed by atoms with Crippen LogP contribution >= 0.6 is 22.9 Å².